The fourth-order valence-corrected chi connectivity index (χ4v) is 4.13. The Labute approximate surface area is 113 Å². The van der Waals surface area contributed by atoms with Gasteiger partial charge in [-0.2, -0.15) is 0 Å². The summed E-state index contributed by atoms with van der Waals surface area (Å²) < 4.78 is 5.48. The van der Waals surface area contributed by atoms with Crippen LogP contribution in [0.25, 0.3) is 0 Å². The van der Waals surface area contributed by atoms with Crippen LogP contribution in [0.2, 0.25) is 0 Å². The summed E-state index contributed by atoms with van der Waals surface area (Å²) in [4.78, 5) is 11.8. The van der Waals surface area contributed by atoms with Crippen LogP contribution in [0, 0.1) is 11.3 Å². The topological polar surface area (TPSA) is 66.8 Å². The highest BCUT2D eigenvalue weighted by Crippen LogP contribution is 2.56. The van der Waals surface area contributed by atoms with Gasteiger partial charge in [0.15, 0.2) is 6.10 Å². The number of hydrogen-bond donors (Lipinski definition) is 2. The summed E-state index contributed by atoms with van der Waals surface area (Å²) in [5.41, 5.74) is 0.714. The van der Waals surface area contributed by atoms with Crippen LogP contribution in [0.4, 0.5) is 0 Å². The molecule has 0 radical (unpaired) electrons. The summed E-state index contributed by atoms with van der Waals surface area (Å²) in [6.07, 6.45) is 2.04. The van der Waals surface area contributed by atoms with Crippen molar-refractivity contribution in [1.29, 1.82) is 0 Å². The van der Waals surface area contributed by atoms with Crippen molar-refractivity contribution in [2.75, 3.05) is 0 Å². The highest BCUT2D eigenvalue weighted by atomic mass is 16.6. The smallest absolute Gasteiger partial charge is 0.312 e. The maximum Gasteiger partial charge on any atom is 0.312 e. The molecule has 106 valence electrons. The Morgan fingerprint density at radius 2 is 2.00 bits per heavy atom. The molecular weight excluding hydrogens is 244 g/mol. The second-order valence-electron chi connectivity index (χ2n) is 6.74. The van der Waals surface area contributed by atoms with Crippen LogP contribution < -0.4 is 0 Å². The van der Waals surface area contributed by atoms with Crippen molar-refractivity contribution < 1.29 is 19.7 Å². The molecule has 2 aliphatic carbocycles. The summed E-state index contributed by atoms with van der Waals surface area (Å²) in [6, 6.07) is 0. The van der Waals surface area contributed by atoms with E-state index in [1.165, 1.54) is 0 Å². The molecule has 0 aromatic carbocycles. The van der Waals surface area contributed by atoms with Crippen LogP contribution in [-0.4, -0.2) is 34.0 Å². The van der Waals surface area contributed by atoms with Gasteiger partial charge in [-0.15, -0.1) is 0 Å². The SMILES string of the molecule is CC1=C2[C@@H]3OC(=O)[C@H](C)[C@]3(O)CC[C@]2(C)CC[C@H]1O. The molecule has 0 unspecified atom stereocenters. The van der Waals surface area contributed by atoms with Gasteiger partial charge < -0.3 is 14.9 Å². The number of carbonyl (C=O) groups is 1. The molecule has 0 aromatic rings. The summed E-state index contributed by atoms with van der Waals surface area (Å²) in [6.45, 7) is 5.80. The molecule has 0 aromatic heterocycles. The van der Waals surface area contributed by atoms with E-state index < -0.39 is 23.7 Å². The fraction of sp³-hybridized carbons (Fsp3) is 0.800. The van der Waals surface area contributed by atoms with Crippen LogP contribution >= 0.6 is 0 Å². The van der Waals surface area contributed by atoms with E-state index in [2.05, 4.69) is 6.92 Å². The first kappa shape index (κ1) is 13.1. The average Bonchev–Trinajstić information content (AvgIpc) is 2.59. The highest BCUT2D eigenvalue weighted by Gasteiger charge is 2.62. The third-order valence-corrected chi connectivity index (χ3v) is 5.68. The number of esters is 1. The molecule has 3 rings (SSSR count). The summed E-state index contributed by atoms with van der Waals surface area (Å²) >= 11 is 0. The molecule has 4 nitrogen and oxygen atoms in total. The lowest BCUT2D eigenvalue weighted by Gasteiger charge is -2.50. The number of aliphatic hydroxyl groups excluding tert-OH is 1. The van der Waals surface area contributed by atoms with E-state index in [1.54, 1.807) is 6.92 Å². The Morgan fingerprint density at radius 1 is 1.32 bits per heavy atom. The van der Waals surface area contributed by atoms with E-state index in [0.29, 0.717) is 6.42 Å². The zero-order chi connectivity index (χ0) is 14.0. The van der Waals surface area contributed by atoms with Gasteiger partial charge in [-0.3, -0.25) is 4.79 Å². The molecule has 3 aliphatic rings. The molecule has 0 bridgehead atoms. The minimum atomic E-state index is -1.09. The van der Waals surface area contributed by atoms with Gasteiger partial charge in [0.2, 0.25) is 0 Å². The lowest BCUT2D eigenvalue weighted by atomic mass is 9.57. The maximum atomic E-state index is 11.8. The van der Waals surface area contributed by atoms with E-state index >= 15 is 0 Å². The molecule has 19 heavy (non-hydrogen) atoms. The van der Waals surface area contributed by atoms with Gasteiger partial charge >= 0.3 is 5.97 Å². The van der Waals surface area contributed by atoms with E-state index in [9.17, 15) is 15.0 Å². The first-order chi connectivity index (χ1) is 8.79. The summed E-state index contributed by atoms with van der Waals surface area (Å²) in [7, 11) is 0. The minimum absolute atomic E-state index is 0.0510. The van der Waals surface area contributed by atoms with E-state index in [-0.39, 0.29) is 11.4 Å². The standard InChI is InChI=1S/C15H22O4/c1-8-10(16)4-5-14(3)6-7-15(18)9(2)13(17)19-12(15)11(8)14/h9-10,12,16,18H,4-7H2,1-3H3/t9-,10+,12-,14-,15+/m0/s1. The van der Waals surface area contributed by atoms with Crippen molar-refractivity contribution in [3.8, 4) is 0 Å². The van der Waals surface area contributed by atoms with Crippen LogP contribution in [0.15, 0.2) is 11.1 Å². The second kappa shape index (κ2) is 3.83. The zero-order valence-electron chi connectivity index (χ0n) is 11.8. The number of rotatable bonds is 0. The molecule has 1 heterocycles. The normalized spacial score (nSPS) is 49.7. The number of fused-ring (bicyclic) bond motifs is 3. The van der Waals surface area contributed by atoms with Gasteiger partial charge in [0.25, 0.3) is 0 Å². The lowest BCUT2D eigenvalue weighted by molar-refractivity contribution is -0.143. The van der Waals surface area contributed by atoms with E-state index in [0.717, 1.165) is 30.4 Å². The van der Waals surface area contributed by atoms with Gasteiger partial charge in [-0.25, -0.2) is 0 Å². The van der Waals surface area contributed by atoms with Gasteiger partial charge in [-0.05, 0) is 56.1 Å². The number of carbonyl (C=O) groups excluding carboxylic acids is 1. The van der Waals surface area contributed by atoms with Crippen LogP contribution in [0.1, 0.15) is 46.5 Å². The second-order valence-corrected chi connectivity index (χ2v) is 6.74. The molecule has 0 amide bonds. The van der Waals surface area contributed by atoms with Crippen molar-refractivity contribution >= 4 is 5.97 Å². The molecule has 5 atom stereocenters. The van der Waals surface area contributed by atoms with Crippen molar-refractivity contribution in [3.05, 3.63) is 11.1 Å². The highest BCUT2D eigenvalue weighted by molar-refractivity contribution is 5.77. The van der Waals surface area contributed by atoms with Crippen molar-refractivity contribution in [2.45, 2.75) is 64.3 Å². The Kier molecular flexibility index (Phi) is 2.64. The van der Waals surface area contributed by atoms with E-state index in [4.69, 9.17) is 4.74 Å². The zero-order valence-corrected chi connectivity index (χ0v) is 11.8. The Hall–Kier alpha value is -0.870. The van der Waals surface area contributed by atoms with Gasteiger partial charge in [-0.1, -0.05) is 6.92 Å². The first-order valence-electron chi connectivity index (χ1n) is 7.12. The van der Waals surface area contributed by atoms with Crippen LogP contribution in [0.3, 0.4) is 0 Å². The predicted molar refractivity (Wildman–Crippen MR) is 69.3 cm³/mol. The van der Waals surface area contributed by atoms with Crippen molar-refractivity contribution in [2.24, 2.45) is 11.3 Å². The summed E-state index contributed by atoms with van der Waals surface area (Å²) in [5.74, 6) is -0.807. The molecule has 1 saturated carbocycles. The Balaban J connectivity index is 2.12. The fourth-order valence-electron chi connectivity index (χ4n) is 4.13. The van der Waals surface area contributed by atoms with Crippen LogP contribution in [0.5, 0.6) is 0 Å². The van der Waals surface area contributed by atoms with Gasteiger partial charge in [0, 0.05) is 0 Å². The Morgan fingerprint density at radius 3 is 2.68 bits per heavy atom. The largest absolute Gasteiger partial charge is 0.454 e. The third-order valence-electron chi connectivity index (χ3n) is 5.68. The number of hydrogen-bond acceptors (Lipinski definition) is 4. The van der Waals surface area contributed by atoms with Crippen molar-refractivity contribution in [3.63, 3.8) is 0 Å². The molecule has 2 N–H and O–H groups in total. The average molecular weight is 266 g/mol. The van der Waals surface area contributed by atoms with Crippen LogP contribution in [-0.2, 0) is 9.53 Å². The monoisotopic (exact) mass is 266 g/mol. The quantitative estimate of drug-likeness (QED) is 0.515. The lowest BCUT2D eigenvalue weighted by Crippen LogP contribution is -2.53. The van der Waals surface area contributed by atoms with Crippen molar-refractivity contribution in [1.82, 2.24) is 0 Å². The number of ether oxygens (including phenoxy) is 1. The molecule has 1 aliphatic heterocycles. The van der Waals surface area contributed by atoms with Gasteiger partial charge in [0.05, 0.1) is 12.0 Å². The molecule has 0 spiro atoms. The molecule has 2 fully saturated rings. The Bertz CT molecular complexity index is 469. The van der Waals surface area contributed by atoms with E-state index in [1.807, 2.05) is 6.92 Å². The minimum Gasteiger partial charge on any atom is -0.454 e. The first-order valence-corrected chi connectivity index (χ1v) is 7.12. The molecule has 4 heteroatoms. The number of aliphatic hydroxyl groups is 2. The maximum absolute atomic E-state index is 11.8. The van der Waals surface area contributed by atoms with Gasteiger partial charge in [0.1, 0.15) is 5.60 Å². The summed E-state index contributed by atoms with van der Waals surface area (Å²) in [5, 5.41) is 20.9. The molecule has 1 saturated heterocycles. The third kappa shape index (κ3) is 1.56. The molecular formula is C15H22O4. The predicted octanol–water partition coefficient (Wildman–Crippen LogP) is 1.55.